The monoisotopic (exact) mass is 238 g/mol. The maximum Gasteiger partial charge on any atom is 0.195 e. The summed E-state index contributed by atoms with van der Waals surface area (Å²) in [6.07, 6.45) is 0.232. The number of carbonyl (C=O) groups is 1. The Morgan fingerprint density at radius 2 is 1.83 bits per heavy atom. The van der Waals surface area contributed by atoms with E-state index in [4.69, 9.17) is 0 Å². The van der Waals surface area contributed by atoms with Gasteiger partial charge in [-0.2, -0.15) is 0 Å². The normalized spacial score (nSPS) is 10.0. The van der Waals surface area contributed by atoms with Crippen LogP contribution < -0.4 is 0 Å². The van der Waals surface area contributed by atoms with Gasteiger partial charge in [-0.3, -0.25) is 4.79 Å². The molecule has 0 amide bonds. The maximum atomic E-state index is 12.6. The molecule has 0 heterocycles. The Bertz CT molecular complexity index is 338. The van der Waals surface area contributed by atoms with Crippen LogP contribution in [0.3, 0.4) is 0 Å². The molecule has 0 spiro atoms. The van der Waals surface area contributed by atoms with Gasteiger partial charge in [0.2, 0.25) is 0 Å². The van der Waals surface area contributed by atoms with Crippen molar-refractivity contribution in [1.82, 2.24) is 0 Å². The number of rotatable bonds is 1. The Hall–Kier alpha value is -0.840. The van der Waals surface area contributed by atoms with Crippen molar-refractivity contribution in [2.24, 2.45) is 0 Å². The van der Waals surface area contributed by atoms with Crippen LogP contribution in [-0.2, 0) is 0 Å². The Morgan fingerprint density at radius 1 is 1.25 bits per heavy atom. The fraction of sp³-hybridized carbons (Fsp3) is 0. The molecule has 0 aliphatic rings. The average Bonchev–Trinajstić information content (AvgIpc) is 2.08. The summed E-state index contributed by atoms with van der Waals surface area (Å²) in [6, 6.07) is 0.621. The van der Waals surface area contributed by atoms with Gasteiger partial charge in [0.05, 0.1) is 4.47 Å². The quantitative estimate of drug-likeness (QED) is 0.418. The highest BCUT2D eigenvalue weighted by atomic mass is 79.9. The number of halogens is 4. The molecular weight excluding hydrogens is 237 g/mol. The van der Waals surface area contributed by atoms with E-state index in [0.717, 1.165) is 0 Å². The Balaban J connectivity index is 3.49. The molecule has 0 atom stereocenters. The first-order valence-corrected chi connectivity index (χ1v) is 3.65. The molecule has 12 heavy (non-hydrogen) atoms. The molecule has 0 aliphatic heterocycles. The molecule has 0 aliphatic carbocycles. The lowest BCUT2D eigenvalue weighted by Gasteiger charge is -2.00. The lowest BCUT2D eigenvalue weighted by molar-refractivity contribution is 0.112. The van der Waals surface area contributed by atoms with E-state index in [2.05, 4.69) is 15.9 Å². The summed E-state index contributed by atoms with van der Waals surface area (Å²) < 4.78 is 37.1. The van der Waals surface area contributed by atoms with E-state index in [0.29, 0.717) is 6.07 Å². The first kappa shape index (κ1) is 9.25. The van der Waals surface area contributed by atoms with Crippen LogP contribution in [0.2, 0.25) is 0 Å². The first-order valence-electron chi connectivity index (χ1n) is 2.86. The molecule has 0 aromatic heterocycles. The van der Waals surface area contributed by atoms with E-state index in [-0.39, 0.29) is 16.3 Å². The molecule has 1 nitrogen and oxygen atoms in total. The van der Waals surface area contributed by atoms with E-state index >= 15 is 0 Å². The molecule has 1 aromatic carbocycles. The highest BCUT2D eigenvalue weighted by Gasteiger charge is 2.15. The topological polar surface area (TPSA) is 17.1 Å². The SMILES string of the molecule is O=Cc1cc(F)c(F)c(F)c1Br. The summed E-state index contributed by atoms with van der Waals surface area (Å²) >= 11 is 2.61. The molecule has 1 rings (SSSR count). The molecule has 1 aromatic rings. The summed E-state index contributed by atoms with van der Waals surface area (Å²) in [6.45, 7) is 0. The molecule has 5 heteroatoms. The summed E-state index contributed by atoms with van der Waals surface area (Å²) in [5.41, 5.74) is -0.258. The predicted molar refractivity (Wildman–Crippen MR) is 39.4 cm³/mol. The third-order valence-corrected chi connectivity index (χ3v) is 2.06. The fourth-order valence-electron chi connectivity index (χ4n) is 0.677. The molecule has 0 saturated heterocycles. The Morgan fingerprint density at radius 3 is 2.33 bits per heavy atom. The van der Waals surface area contributed by atoms with Gasteiger partial charge in [-0.15, -0.1) is 0 Å². The lowest BCUT2D eigenvalue weighted by atomic mass is 10.2. The summed E-state index contributed by atoms with van der Waals surface area (Å²) in [5, 5.41) is 0. The highest BCUT2D eigenvalue weighted by Crippen LogP contribution is 2.23. The van der Waals surface area contributed by atoms with Gasteiger partial charge >= 0.3 is 0 Å². The zero-order valence-corrected chi connectivity index (χ0v) is 7.16. The third kappa shape index (κ3) is 1.36. The van der Waals surface area contributed by atoms with E-state index in [9.17, 15) is 18.0 Å². The van der Waals surface area contributed by atoms with Crippen molar-refractivity contribution in [3.63, 3.8) is 0 Å². The Kier molecular flexibility index (Phi) is 2.52. The van der Waals surface area contributed by atoms with Crippen molar-refractivity contribution >= 4 is 22.2 Å². The van der Waals surface area contributed by atoms with Crippen LogP contribution in [0.25, 0.3) is 0 Å². The van der Waals surface area contributed by atoms with Crippen molar-refractivity contribution in [3.8, 4) is 0 Å². The van der Waals surface area contributed by atoms with Gasteiger partial charge in [0.25, 0.3) is 0 Å². The molecule has 0 radical (unpaired) electrons. The molecule has 0 saturated carbocycles. The molecule has 0 N–H and O–H groups in total. The van der Waals surface area contributed by atoms with Gasteiger partial charge in [0.15, 0.2) is 23.7 Å². The second kappa shape index (κ2) is 3.26. The van der Waals surface area contributed by atoms with Gasteiger partial charge in [0.1, 0.15) is 0 Å². The smallest absolute Gasteiger partial charge is 0.195 e. The number of hydrogen-bond acceptors (Lipinski definition) is 1. The third-order valence-electron chi connectivity index (χ3n) is 1.26. The lowest BCUT2D eigenvalue weighted by Crippen LogP contribution is -1.96. The second-order valence-corrected chi connectivity index (χ2v) is 2.80. The standard InChI is InChI=1S/C7H2BrF3O/c8-5-3(2-12)1-4(9)6(10)7(5)11/h1-2H. The Labute approximate surface area is 74.3 Å². The fourth-order valence-corrected chi connectivity index (χ4v) is 1.06. The summed E-state index contributed by atoms with van der Waals surface area (Å²) in [7, 11) is 0. The van der Waals surface area contributed by atoms with Gasteiger partial charge < -0.3 is 0 Å². The van der Waals surface area contributed by atoms with Crippen molar-refractivity contribution in [3.05, 3.63) is 33.6 Å². The summed E-state index contributed by atoms with van der Waals surface area (Å²) in [5.74, 6) is -4.36. The van der Waals surface area contributed by atoms with Gasteiger partial charge in [-0.25, -0.2) is 13.2 Å². The maximum absolute atomic E-state index is 12.6. The van der Waals surface area contributed by atoms with Crippen LogP contribution in [0, 0.1) is 17.5 Å². The van der Waals surface area contributed by atoms with Gasteiger partial charge in [-0.1, -0.05) is 0 Å². The van der Waals surface area contributed by atoms with Crippen molar-refractivity contribution in [1.29, 1.82) is 0 Å². The van der Waals surface area contributed by atoms with Crippen LogP contribution >= 0.6 is 15.9 Å². The number of benzene rings is 1. The largest absolute Gasteiger partial charge is 0.298 e. The first-order chi connectivity index (χ1) is 5.57. The van der Waals surface area contributed by atoms with Gasteiger partial charge in [-0.05, 0) is 22.0 Å². The number of aldehydes is 1. The highest BCUT2D eigenvalue weighted by molar-refractivity contribution is 9.10. The van der Waals surface area contributed by atoms with Crippen LogP contribution in [0.5, 0.6) is 0 Å². The minimum absolute atomic E-state index is 0.232. The van der Waals surface area contributed by atoms with E-state index < -0.39 is 17.5 Å². The van der Waals surface area contributed by atoms with Crippen LogP contribution in [-0.4, -0.2) is 6.29 Å². The molecule has 64 valence electrons. The van der Waals surface area contributed by atoms with Crippen LogP contribution in [0.1, 0.15) is 10.4 Å². The van der Waals surface area contributed by atoms with E-state index in [1.165, 1.54) is 0 Å². The zero-order chi connectivity index (χ0) is 9.30. The van der Waals surface area contributed by atoms with Crippen LogP contribution in [0.4, 0.5) is 13.2 Å². The minimum Gasteiger partial charge on any atom is -0.298 e. The molecule has 0 unspecified atom stereocenters. The van der Waals surface area contributed by atoms with Crippen LogP contribution in [0.15, 0.2) is 10.5 Å². The second-order valence-electron chi connectivity index (χ2n) is 2.01. The molecule has 0 fully saturated rings. The number of hydrogen-bond donors (Lipinski definition) is 0. The van der Waals surface area contributed by atoms with Crippen molar-refractivity contribution in [2.45, 2.75) is 0 Å². The molecular formula is C7H2BrF3O. The van der Waals surface area contributed by atoms with E-state index in [1.807, 2.05) is 0 Å². The van der Waals surface area contributed by atoms with E-state index in [1.54, 1.807) is 0 Å². The zero-order valence-electron chi connectivity index (χ0n) is 5.57. The summed E-state index contributed by atoms with van der Waals surface area (Å²) in [4.78, 5) is 10.2. The number of carbonyl (C=O) groups excluding carboxylic acids is 1. The predicted octanol–water partition coefficient (Wildman–Crippen LogP) is 2.68. The average molecular weight is 239 g/mol. The molecule has 0 bridgehead atoms. The minimum atomic E-state index is -1.59. The van der Waals surface area contributed by atoms with Gasteiger partial charge in [0, 0.05) is 5.56 Å². The van der Waals surface area contributed by atoms with Crippen molar-refractivity contribution < 1.29 is 18.0 Å². The van der Waals surface area contributed by atoms with Crippen molar-refractivity contribution in [2.75, 3.05) is 0 Å².